The highest BCUT2D eigenvalue weighted by molar-refractivity contribution is 9.10. The van der Waals surface area contributed by atoms with Crippen LogP contribution in [0.3, 0.4) is 0 Å². The Labute approximate surface area is 130 Å². The van der Waals surface area contributed by atoms with Crippen LogP contribution in [0.15, 0.2) is 16.6 Å². The molecule has 0 aliphatic carbocycles. The molecular formula is C12H13BrClFN2O3. The summed E-state index contributed by atoms with van der Waals surface area (Å²) < 4.78 is 18.7. The van der Waals surface area contributed by atoms with Crippen molar-refractivity contribution in [3.8, 4) is 11.8 Å². The molecule has 0 spiro atoms. The molecule has 1 aromatic rings. The molecule has 3 N–H and O–H groups in total. The van der Waals surface area contributed by atoms with Gasteiger partial charge in [0.15, 0.2) is 0 Å². The Bertz CT molecular complexity index is 536. The Hall–Kier alpha value is -1.36. The SMILES string of the molecule is CCOC(=O)C(F)[C@@H](N)c1c(Br)ccc(C#N)c1O.Cl. The number of carbonyl (C=O) groups is 1. The predicted molar refractivity (Wildman–Crippen MR) is 76.2 cm³/mol. The Morgan fingerprint density at radius 1 is 1.65 bits per heavy atom. The molecule has 0 aliphatic rings. The Morgan fingerprint density at radius 3 is 2.75 bits per heavy atom. The molecule has 2 atom stereocenters. The lowest BCUT2D eigenvalue weighted by atomic mass is 9.99. The van der Waals surface area contributed by atoms with Gasteiger partial charge in [-0.2, -0.15) is 5.26 Å². The average Bonchev–Trinajstić information content (AvgIpc) is 2.38. The Morgan fingerprint density at radius 2 is 2.25 bits per heavy atom. The number of nitrogens with zero attached hydrogens (tertiary/aromatic N) is 1. The maximum Gasteiger partial charge on any atom is 0.342 e. The van der Waals surface area contributed by atoms with Crippen molar-refractivity contribution >= 4 is 34.3 Å². The van der Waals surface area contributed by atoms with E-state index in [4.69, 9.17) is 11.0 Å². The molecule has 20 heavy (non-hydrogen) atoms. The maximum absolute atomic E-state index is 13.8. The highest BCUT2D eigenvalue weighted by atomic mass is 79.9. The van der Waals surface area contributed by atoms with Gasteiger partial charge >= 0.3 is 5.97 Å². The van der Waals surface area contributed by atoms with Gasteiger partial charge in [-0.15, -0.1) is 12.4 Å². The van der Waals surface area contributed by atoms with E-state index in [1.54, 1.807) is 13.0 Å². The van der Waals surface area contributed by atoms with Gasteiger partial charge in [0.25, 0.3) is 0 Å². The summed E-state index contributed by atoms with van der Waals surface area (Å²) in [5.41, 5.74) is 5.53. The van der Waals surface area contributed by atoms with E-state index in [0.717, 1.165) is 0 Å². The van der Waals surface area contributed by atoms with Gasteiger partial charge in [-0.3, -0.25) is 0 Å². The van der Waals surface area contributed by atoms with Gasteiger partial charge < -0.3 is 15.6 Å². The molecule has 0 saturated carbocycles. The fourth-order valence-electron chi connectivity index (χ4n) is 1.51. The van der Waals surface area contributed by atoms with Gasteiger partial charge in [0, 0.05) is 10.0 Å². The monoisotopic (exact) mass is 366 g/mol. The van der Waals surface area contributed by atoms with Gasteiger partial charge in [0.2, 0.25) is 6.17 Å². The van der Waals surface area contributed by atoms with E-state index in [0.29, 0.717) is 4.47 Å². The Balaban J connectivity index is 0.00000361. The van der Waals surface area contributed by atoms with Crippen LogP contribution in [-0.2, 0) is 9.53 Å². The summed E-state index contributed by atoms with van der Waals surface area (Å²) in [6, 6.07) is 3.12. The first-order valence-electron chi connectivity index (χ1n) is 5.41. The summed E-state index contributed by atoms with van der Waals surface area (Å²) in [6.07, 6.45) is -2.13. The highest BCUT2D eigenvalue weighted by Crippen LogP contribution is 2.35. The third kappa shape index (κ3) is 3.82. The van der Waals surface area contributed by atoms with E-state index < -0.39 is 23.9 Å². The van der Waals surface area contributed by atoms with E-state index in [1.807, 2.05) is 0 Å². The number of alkyl halides is 1. The molecule has 0 aliphatic heterocycles. The van der Waals surface area contributed by atoms with E-state index >= 15 is 0 Å². The number of aromatic hydroxyl groups is 1. The molecule has 0 radical (unpaired) electrons. The number of hydrogen-bond donors (Lipinski definition) is 2. The first kappa shape index (κ1) is 18.6. The fourth-order valence-corrected chi connectivity index (χ4v) is 2.09. The summed E-state index contributed by atoms with van der Waals surface area (Å²) in [6.45, 7) is 1.57. The van der Waals surface area contributed by atoms with Crippen molar-refractivity contribution in [3.05, 3.63) is 27.7 Å². The number of hydrogen-bond acceptors (Lipinski definition) is 5. The van der Waals surface area contributed by atoms with E-state index in [1.165, 1.54) is 12.1 Å². The standard InChI is InChI=1S/C12H12BrFN2O3.ClH/c1-2-19-12(18)9(14)10(16)8-7(13)4-3-6(5-15)11(8)17;/h3-4,9-10,17H,2,16H2,1H3;1H/t9?,10-;/m0./s1. The van der Waals surface area contributed by atoms with Crippen molar-refractivity contribution in [2.75, 3.05) is 6.61 Å². The van der Waals surface area contributed by atoms with Crippen LogP contribution in [0.5, 0.6) is 5.75 Å². The minimum atomic E-state index is -2.13. The van der Waals surface area contributed by atoms with Gasteiger partial charge in [-0.05, 0) is 19.1 Å². The zero-order valence-corrected chi connectivity index (χ0v) is 12.9. The lowest BCUT2D eigenvalue weighted by Crippen LogP contribution is -2.32. The second-order valence-electron chi connectivity index (χ2n) is 3.65. The zero-order valence-electron chi connectivity index (χ0n) is 10.5. The van der Waals surface area contributed by atoms with E-state index in [9.17, 15) is 14.3 Å². The molecule has 0 heterocycles. The van der Waals surface area contributed by atoms with Crippen LogP contribution in [0.25, 0.3) is 0 Å². The number of phenolic OH excluding ortho intramolecular Hbond substituents is 1. The molecule has 110 valence electrons. The number of phenols is 1. The molecule has 5 nitrogen and oxygen atoms in total. The number of halogens is 3. The normalized spacial score (nSPS) is 12.8. The highest BCUT2D eigenvalue weighted by Gasteiger charge is 2.31. The summed E-state index contributed by atoms with van der Waals surface area (Å²) in [5, 5.41) is 18.6. The molecule has 0 aromatic heterocycles. The first-order valence-corrected chi connectivity index (χ1v) is 6.21. The number of ether oxygens (including phenoxy) is 1. The van der Waals surface area contributed by atoms with E-state index in [2.05, 4.69) is 20.7 Å². The third-order valence-corrected chi connectivity index (χ3v) is 3.14. The number of nitrogens with two attached hydrogens (primary N) is 1. The third-order valence-electron chi connectivity index (χ3n) is 2.44. The van der Waals surface area contributed by atoms with Gasteiger partial charge in [0.1, 0.15) is 11.8 Å². The molecule has 0 amide bonds. The summed E-state index contributed by atoms with van der Waals surface area (Å²) in [5.74, 6) is -1.56. The van der Waals surface area contributed by atoms with Crippen LogP contribution in [0.2, 0.25) is 0 Å². The molecule has 8 heteroatoms. The van der Waals surface area contributed by atoms with Crippen LogP contribution in [0.1, 0.15) is 24.1 Å². The number of benzene rings is 1. The second-order valence-corrected chi connectivity index (χ2v) is 4.50. The van der Waals surface area contributed by atoms with Crippen molar-refractivity contribution in [3.63, 3.8) is 0 Å². The number of esters is 1. The largest absolute Gasteiger partial charge is 0.506 e. The summed E-state index contributed by atoms with van der Waals surface area (Å²) in [4.78, 5) is 11.3. The molecule has 0 bridgehead atoms. The van der Waals surface area contributed by atoms with Gasteiger partial charge in [-0.1, -0.05) is 15.9 Å². The minimum Gasteiger partial charge on any atom is -0.506 e. The van der Waals surface area contributed by atoms with Crippen LogP contribution in [-0.4, -0.2) is 23.9 Å². The van der Waals surface area contributed by atoms with Crippen molar-refractivity contribution < 1.29 is 19.0 Å². The molecule has 0 fully saturated rings. The van der Waals surface area contributed by atoms with Crippen LogP contribution < -0.4 is 5.73 Å². The fraction of sp³-hybridized carbons (Fsp3) is 0.333. The molecule has 0 saturated heterocycles. The Kier molecular flexibility index (Phi) is 7.50. The van der Waals surface area contributed by atoms with Crippen molar-refractivity contribution in [2.24, 2.45) is 5.73 Å². The van der Waals surface area contributed by atoms with Crippen LogP contribution in [0, 0.1) is 11.3 Å². The van der Waals surface area contributed by atoms with Crippen molar-refractivity contribution in [2.45, 2.75) is 19.1 Å². The molecular weight excluding hydrogens is 354 g/mol. The maximum atomic E-state index is 13.8. The lowest BCUT2D eigenvalue weighted by molar-refractivity contribution is -0.149. The number of nitriles is 1. The van der Waals surface area contributed by atoms with Crippen molar-refractivity contribution in [1.29, 1.82) is 5.26 Å². The van der Waals surface area contributed by atoms with Crippen LogP contribution >= 0.6 is 28.3 Å². The van der Waals surface area contributed by atoms with Gasteiger partial charge in [-0.25, -0.2) is 9.18 Å². The smallest absolute Gasteiger partial charge is 0.342 e. The van der Waals surface area contributed by atoms with Crippen LogP contribution in [0.4, 0.5) is 4.39 Å². The summed E-state index contributed by atoms with van der Waals surface area (Å²) in [7, 11) is 0. The first-order chi connectivity index (χ1) is 8.93. The number of carbonyl (C=O) groups excluding carboxylic acids is 1. The minimum absolute atomic E-state index is 0. The lowest BCUT2D eigenvalue weighted by Gasteiger charge is -2.18. The van der Waals surface area contributed by atoms with Crippen molar-refractivity contribution in [1.82, 2.24) is 0 Å². The average molecular weight is 368 g/mol. The summed E-state index contributed by atoms with van der Waals surface area (Å²) >= 11 is 3.10. The molecule has 1 unspecified atom stereocenters. The van der Waals surface area contributed by atoms with E-state index in [-0.39, 0.29) is 30.1 Å². The van der Waals surface area contributed by atoms with Gasteiger partial charge in [0.05, 0.1) is 18.2 Å². The second kappa shape index (κ2) is 8.04. The predicted octanol–water partition coefficient (Wildman–Crippen LogP) is 2.35. The zero-order chi connectivity index (χ0) is 14.6. The molecule has 1 aromatic carbocycles. The number of rotatable bonds is 4. The quantitative estimate of drug-likeness (QED) is 0.796. The topological polar surface area (TPSA) is 96.3 Å². The molecule has 1 rings (SSSR count).